The molecule has 1 aliphatic rings. The van der Waals surface area contributed by atoms with Gasteiger partial charge in [-0.25, -0.2) is 5.48 Å². The maximum absolute atomic E-state index is 10.6. The summed E-state index contributed by atoms with van der Waals surface area (Å²) in [6, 6.07) is 0. The van der Waals surface area contributed by atoms with E-state index in [1.807, 2.05) is 0 Å². The first-order chi connectivity index (χ1) is 4.84. The van der Waals surface area contributed by atoms with Gasteiger partial charge in [-0.05, 0) is 12.2 Å². The summed E-state index contributed by atoms with van der Waals surface area (Å²) >= 11 is 0. The number of hydroxylamine groups is 1. The third-order valence-corrected chi connectivity index (χ3v) is 1.07. The van der Waals surface area contributed by atoms with Gasteiger partial charge in [-0.1, -0.05) is 6.08 Å². The average molecular weight is 141 g/mol. The molecule has 0 bridgehead atoms. The predicted molar refractivity (Wildman–Crippen MR) is 33.1 cm³/mol. The molecule has 1 rings (SSSR count). The molecule has 0 saturated carbocycles. The van der Waals surface area contributed by atoms with Crippen LogP contribution in [0.1, 0.15) is 0 Å². The number of hydrogen-bond acceptors (Lipinski definition) is 3. The highest BCUT2D eigenvalue weighted by molar-refractivity contribution is 5.81. The van der Waals surface area contributed by atoms with Crippen molar-refractivity contribution in [1.82, 2.24) is 5.48 Å². The topological polar surface area (TPSA) is 58.6 Å². The molecule has 4 nitrogen and oxygen atoms in total. The molecule has 1 atom stereocenters. The van der Waals surface area contributed by atoms with Crippen molar-refractivity contribution in [1.29, 1.82) is 0 Å². The number of ether oxygens (including phenoxy) is 1. The molecule has 0 spiro atoms. The number of amides is 1. The van der Waals surface area contributed by atoms with Crippen LogP contribution in [-0.2, 0) is 9.53 Å². The van der Waals surface area contributed by atoms with Crippen LogP contribution in [0.5, 0.6) is 0 Å². The molecular weight excluding hydrogens is 134 g/mol. The van der Waals surface area contributed by atoms with Gasteiger partial charge in [0, 0.05) is 0 Å². The zero-order valence-corrected chi connectivity index (χ0v) is 5.15. The molecule has 0 fully saturated rings. The summed E-state index contributed by atoms with van der Waals surface area (Å²) < 4.78 is 4.79. The van der Waals surface area contributed by atoms with Gasteiger partial charge in [0.25, 0.3) is 5.91 Å². The number of hydrogen-bond donors (Lipinski definition) is 2. The second-order valence-corrected chi connectivity index (χ2v) is 1.75. The van der Waals surface area contributed by atoms with Gasteiger partial charge in [-0.2, -0.15) is 0 Å². The lowest BCUT2D eigenvalue weighted by atomic mass is 10.3. The van der Waals surface area contributed by atoms with Crippen molar-refractivity contribution >= 4 is 5.91 Å². The van der Waals surface area contributed by atoms with Crippen LogP contribution < -0.4 is 5.48 Å². The first-order valence-corrected chi connectivity index (χ1v) is 2.77. The average Bonchev–Trinajstić information content (AvgIpc) is 2.05. The highest BCUT2D eigenvalue weighted by Crippen LogP contribution is 2.00. The maximum atomic E-state index is 10.6. The summed E-state index contributed by atoms with van der Waals surface area (Å²) in [5.41, 5.74) is 1.49. The first-order valence-electron chi connectivity index (χ1n) is 2.77. The predicted octanol–water partition coefficient (Wildman–Crippen LogP) is -0.0395. The van der Waals surface area contributed by atoms with Gasteiger partial charge in [0.1, 0.15) is 0 Å². The summed E-state index contributed by atoms with van der Waals surface area (Å²) in [4.78, 5) is 10.6. The lowest BCUT2D eigenvalue weighted by Crippen LogP contribution is -2.32. The molecule has 1 aliphatic heterocycles. The molecule has 54 valence electrons. The van der Waals surface area contributed by atoms with Gasteiger partial charge in [-0.3, -0.25) is 10.0 Å². The Labute approximate surface area is 57.8 Å². The first kappa shape index (κ1) is 6.82. The fourth-order valence-corrected chi connectivity index (χ4v) is 0.599. The lowest BCUT2D eigenvalue weighted by molar-refractivity contribution is -0.135. The Morgan fingerprint density at radius 2 is 2.40 bits per heavy atom. The minimum absolute atomic E-state index is 0.569. The van der Waals surface area contributed by atoms with Crippen molar-refractivity contribution in [3.63, 3.8) is 0 Å². The van der Waals surface area contributed by atoms with Crippen LogP contribution in [0.3, 0.4) is 0 Å². The molecule has 1 unspecified atom stereocenters. The second kappa shape index (κ2) is 3.03. The summed E-state index contributed by atoms with van der Waals surface area (Å²) in [6.07, 6.45) is 5.55. The molecule has 0 aromatic rings. The Kier molecular flexibility index (Phi) is 2.07. The molecule has 1 heterocycles. The largest absolute Gasteiger partial charge is 0.484 e. The highest BCUT2D eigenvalue weighted by atomic mass is 16.5. The van der Waals surface area contributed by atoms with E-state index in [0.29, 0.717) is 0 Å². The van der Waals surface area contributed by atoms with E-state index in [0.717, 1.165) is 0 Å². The van der Waals surface area contributed by atoms with Crippen LogP contribution in [0.2, 0.25) is 0 Å². The molecule has 10 heavy (non-hydrogen) atoms. The third kappa shape index (κ3) is 1.35. The number of nitrogens with one attached hydrogen (secondary N) is 1. The SMILES string of the molecule is O=C(NO)C1C=CC=CO1. The number of rotatable bonds is 1. The Morgan fingerprint density at radius 1 is 1.60 bits per heavy atom. The van der Waals surface area contributed by atoms with E-state index in [4.69, 9.17) is 9.94 Å². The minimum atomic E-state index is -0.699. The van der Waals surface area contributed by atoms with Gasteiger partial charge in [0.2, 0.25) is 0 Å². The molecule has 0 aromatic heterocycles. The van der Waals surface area contributed by atoms with E-state index < -0.39 is 12.0 Å². The number of allylic oxidation sites excluding steroid dienone is 2. The van der Waals surface area contributed by atoms with Crippen LogP contribution in [0.15, 0.2) is 24.5 Å². The lowest BCUT2D eigenvalue weighted by Gasteiger charge is -2.11. The van der Waals surface area contributed by atoms with E-state index in [9.17, 15) is 4.79 Å². The fraction of sp³-hybridized carbons (Fsp3) is 0.167. The Morgan fingerprint density at radius 3 is 2.90 bits per heavy atom. The molecule has 0 radical (unpaired) electrons. The molecule has 0 aromatic carbocycles. The van der Waals surface area contributed by atoms with Crippen LogP contribution >= 0.6 is 0 Å². The van der Waals surface area contributed by atoms with E-state index in [1.54, 1.807) is 12.2 Å². The Bertz CT molecular complexity index is 185. The maximum Gasteiger partial charge on any atom is 0.288 e. The molecular formula is C6H7NO3. The van der Waals surface area contributed by atoms with Crippen molar-refractivity contribution < 1.29 is 14.7 Å². The monoisotopic (exact) mass is 141 g/mol. The van der Waals surface area contributed by atoms with Gasteiger partial charge in [0.15, 0.2) is 6.10 Å². The van der Waals surface area contributed by atoms with Crippen molar-refractivity contribution in [2.24, 2.45) is 0 Å². The summed E-state index contributed by atoms with van der Waals surface area (Å²) in [5.74, 6) is -0.569. The summed E-state index contributed by atoms with van der Waals surface area (Å²) in [7, 11) is 0. The van der Waals surface area contributed by atoms with Gasteiger partial charge in [0.05, 0.1) is 6.26 Å². The van der Waals surface area contributed by atoms with Gasteiger partial charge < -0.3 is 4.74 Å². The Balaban J connectivity index is 2.51. The zero-order valence-electron chi connectivity index (χ0n) is 5.15. The molecule has 4 heteroatoms. The Hall–Kier alpha value is -1.29. The van der Waals surface area contributed by atoms with E-state index >= 15 is 0 Å². The molecule has 2 N–H and O–H groups in total. The van der Waals surface area contributed by atoms with Crippen molar-refractivity contribution in [3.05, 3.63) is 24.5 Å². The third-order valence-electron chi connectivity index (χ3n) is 1.07. The van der Waals surface area contributed by atoms with E-state index in [2.05, 4.69) is 0 Å². The summed E-state index contributed by atoms with van der Waals surface area (Å²) in [6.45, 7) is 0. The molecule has 0 aliphatic carbocycles. The zero-order chi connectivity index (χ0) is 7.40. The van der Waals surface area contributed by atoms with Crippen LogP contribution in [-0.4, -0.2) is 17.2 Å². The molecule has 0 saturated heterocycles. The standard InChI is InChI=1S/C6H7NO3/c8-6(7-9)5-3-1-2-4-10-5/h1-5,9H,(H,7,8). The minimum Gasteiger partial charge on any atom is -0.484 e. The number of carbonyl (C=O) groups is 1. The highest BCUT2D eigenvalue weighted by Gasteiger charge is 2.14. The second-order valence-electron chi connectivity index (χ2n) is 1.75. The summed E-state index contributed by atoms with van der Waals surface area (Å²) in [5, 5.41) is 8.15. The van der Waals surface area contributed by atoms with Crippen LogP contribution in [0.4, 0.5) is 0 Å². The smallest absolute Gasteiger partial charge is 0.288 e. The molecule has 1 amide bonds. The van der Waals surface area contributed by atoms with Crippen molar-refractivity contribution in [2.75, 3.05) is 0 Å². The number of carbonyl (C=O) groups excluding carboxylic acids is 1. The normalized spacial score (nSPS) is 21.9. The van der Waals surface area contributed by atoms with Crippen LogP contribution in [0, 0.1) is 0 Å². The van der Waals surface area contributed by atoms with E-state index in [1.165, 1.54) is 17.8 Å². The van der Waals surface area contributed by atoms with Gasteiger partial charge in [-0.15, -0.1) is 0 Å². The quantitative estimate of drug-likeness (QED) is 0.398. The van der Waals surface area contributed by atoms with Gasteiger partial charge >= 0.3 is 0 Å². The van der Waals surface area contributed by atoms with E-state index in [-0.39, 0.29) is 0 Å². The van der Waals surface area contributed by atoms with Crippen LogP contribution in [0.25, 0.3) is 0 Å². The fourth-order valence-electron chi connectivity index (χ4n) is 0.599. The van der Waals surface area contributed by atoms with Crippen molar-refractivity contribution in [3.8, 4) is 0 Å². The van der Waals surface area contributed by atoms with Crippen molar-refractivity contribution in [2.45, 2.75) is 6.10 Å².